The normalized spacial score (nSPS) is 15.9. The van der Waals surface area contributed by atoms with Gasteiger partial charge in [0, 0.05) is 51.0 Å². The lowest BCUT2D eigenvalue weighted by atomic mass is 9.67. The number of aryl methyl sites for hydroxylation is 2. The van der Waals surface area contributed by atoms with Crippen LogP contribution in [0.15, 0.2) is 150 Å². The van der Waals surface area contributed by atoms with Crippen LogP contribution in [0.2, 0.25) is 0 Å². The molecule has 0 spiro atoms. The van der Waals surface area contributed by atoms with Gasteiger partial charge >= 0.3 is 0 Å². The van der Waals surface area contributed by atoms with Crippen LogP contribution in [-0.2, 0) is 10.8 Å². The first kappa shape index (κ1) is 34.5. The van der Waals surface area contributed by atoms with Crippen LogP contribution in [0.4, 0.5) is 0 Å². The molecule has 1 atom stereocenters. The van der Waals surface area contributed by atoms with Crippen LogP contribution in [0.1, 0.15) is 61.4 Å². The zero-order chi connectivity index (χ0) is 39.5. The van der Waals surface area contributed by atoms with E-state index in [-0.39, 0.29) is 16.7 Å². The van der Waals surface area contributed by atoms with Gasteiger partial charge in [0.25, 0.3) is 0 Å². The van der Waals surface area contributed by atoms with E-state index in [0.717, 1.165) is 71.6 Å². The van der Waals surface area contributed by atoms with Crippen molar-refractivity contribution in [3.8, 4) is 28.6 Å². The zero-order valence-corrected chi connectivity index (χ0v) is 33.6. The molecule has 282 valence electrons. The lowest BCUT2D eigenvalue weighted by molar-refractivity contribution is 0.330. The van der Waals surface area contributed by atoms with E-state index < -0.39 is 0 Å². The van der Waals surface area contributed by atoms with Crippen molar-refractivity contribution in [1.82, 2.24) is 14.5 Å². The van der Waals surface area contributed by atoms with E-state index in [9.17, 15) is 0 Å². The molecule has 1 unspecified atom stereocenters. The molecule has 0 fully saturated rings. The molecule has 0 bridgehead atoms. The summed E-state index contributed by atoms with van der Waals surface area (Å²) >= 11 is 0. The van der Waals surface area contributed by atoms with E-state index in [1.807, 2.05) is 6.07 Å². The number of pyridine rings is 2. The average Bonchev–Trinajstić information content (AvgIpc) is 3.82. The SMILES string of the molecule is Cc1ccc(-n2c3ccccc3c3ccc(Oc4cc(-c5cc6c(cn5)C(C)(C)C(c5ccccc5)C6(C)C)c5oc6ccc7ccccc7c6c5c4)nc32)cc1C. The molecule has 5 nitrogen and oxygen atoms in total. The highest BCUT2D eigenvalue weighted by molar-refractivity contribution is 6.21. The fourth-order valence-electron chi connectivity index (χ4n) is 10.3. The summed E-state index contributed by atoms with van der Waals surface area (Å²) in [5.41, 5.74) is 12.6. The van der Waals surface area contributed by atoms with Crippen molar-refractivity contribution < 1.29 is 9.15 Å². The second-order valence-corrected chi connectivity index (χ2v) is 17.3. The smallest absolute Gasteiger partial charge is 0.221 e. The van der Waals surface area contributed by atoms with E-state index in [2.05, 4.69) is 186 Å². The van der Waals surface area contributed by atoms with Gasteiger partial charge in [0.15, 0.2) is 0 Å². The molecule has 58 heavy (non-hydrogen) atoms. The number of hydrogen-bond donors (Lipinski definition) is 0. The highest BCUT2D eigenvalue weighted by Crippen LogP contribution is 2.59. The predicted molar refractivity (Wildman–Crippen MR) is 238 cm³/mol. The predicted octanol–water partition coefficient (Wildman–Crippen LogP) is 14.1. The highest BCUT2D eigenvalue weighted by Gasteiger charge is 2.52. The Morgan fingerprint density at radius 2 is 1.40 bits per heavy atom. The summed E-state index contributed by atoms with van der Waals surface area (Å²) < 4.78 is 15.9. The summed E-state index contributed by atoms with van der Waals surface area (Å²) in [6, 6.07) is 49.3. The number of rotatable bonds is 5. The maximum absolute atomic E-state index is 6.86. The van der Waals surface area contributed by atoms with Gasteiger partial charge in [0.2, 0.25) is 5.88 Å². The Hall–Kier alpha value is -6.72. The molecule has 5 heteroatoms. The first-order valence-electron chi connectivity index (χ1n) is 20.2. The summed E-state index contributed by atoms with van der Waals surface area (Å²) in [5.74, 6) is 1.46. The Kier molecular flexibility index (Phi) is 7.37. The van der Waals surface area contributed by atoms with Gasteiger partial charge in [-0.3, -0.25) is 9.55 Å². The molecular weight excluding hydrogens is 711 g/mol. The summed E-state index contributed by atoms with van der Waals surface area (Å²) in [7, 11) is 0. The van der Waals surface area contributed by atoms with Crippen molar-refractivity contribution in [1.29, 1.82) is 0 Å². The molecule has 10 aromatic rings. The number of nitrogens with zero attached hydrogens (tertiary/aromatic N) is 3. The Morgan fingerprint density at radius 3 is 2.22 bits per heavy atom. The Balaban J connectivity index is 1.11. The Morgan fingerprint density at radius 1 is 0.638 bits per heavy atom. The van der Waals surface area contributed by atoms with Crippen molar-refractivity contribution in [2.24, 2.45) is 0 Å². The molecule has 0 N–H and O–H groups in total. The number of benzene rings is 6. The van der Waals surface area contributed by atoms with Gasteiger partial charge in [-0.1, -0.05) is 113 Å². The van der Waals surface area contributed by atoms with Gasteiger partial charge < -0.3 is 9.15 Å². The van der Waals surface area contributed by atoms with E-state index >= 15 is 0 Å². The van der Waals surface area contributed by atoms with E-state index in [1.165, 1.54) is 27.8 Å². The van der Waals surface area contributed by atoms with E-state index in [1.54, 1.807) is 0 Å². The van der Waals surface area contributed by atoms with E-state index in [0.29, 0.717) is 11.6 Å². The van der Waals surface area contributed by atoms with Crippen molar-refractivity contribution in [2.45, 2.75) is 58.3 Å². The molecule has 0 radical (unpaired) electrons. The van der Waals surface area contributed by atoms with Gasteiger partial charge in [0.1, 0.15) is 22.6 Å². The largest absolute Gasteiger partial charge is 0.455 e. The second kappa shape index (κ2) is 12.4. The average molecular weight is 754 g/mol. The highest BCUT2D eigenvalue weighted by atomic mass is 16.5. The quantitative estimate of drug-likeness (QED) is 0.176. The van der Waals surface area contributed by atoms with Crippen LogP contribution in [-0.4, -0.2) is 14.5 Å². The number of furan rings is 1. The summed E-state index contributed by atoms with van der Waals surface area (Å²) in [6.45, 7) is 13.8. The van der Waals surface area contributed by atoms with Crippen LogP contribution in [0.3, 0.4) is 0 Å². The topological polar surface area (TPSA) is 53.1 Å². The van der Waals surface area contributed by atoms with Crippen molar-refractivity contribution in [3.63, 3.8) is 0 Å². The number of para-hydroxylation sites is 1. The minimum absolute atomic E-state index is 0.117. The standard InChI is InChI=1S/C53H43N3O2/c1-31-20-22-35(26-32(31)2)56-45-19-13-12-18-38(45)39-23-25-47(55-51(39)56)57-36-27-40(49-41(28-36)48-37-17-11-10-14-33(37)21-24-46(48)58-49)44-29-42-43(30-54-44)53(5,6)50(52(42,3)4)34-15-8-7-9-16-34/h7-30,50H,1-6H3. The lowest BCUT2D eigenvalue weighted by Gasteiger charge is -2.36. The van der Waals surface area contributed by atoms with Crippen LogP contribution in [0.25, 0.3) is 71.6 Å². The van der Waals surface area contributed by atoms with Crippen LogP contribution < -0.4 is 4.74 Å². The fourth-order valence-corrected chi connectivity index (χ4v) is 10.3. The molecule has 0 aliphatic heterocycles. The first-order valence-corrected chi connectivity index (χ1v) is 20.2. The number of hydrogen-bond acceptors (Lipinski definition) is 4. The Labute approximate surface area is 337 Å². The van der Waals surface area contributed by atoms with Crippen LogP contribution >= 0.6 is 0 Å². The molecule has 4 aromatic heterocycles. The summed E-state index contributed by atoms with van der Waals surface area (Å²) in [4.78, 5) is 10.5. The van der Waals surface area contributed by atoms with Crippen LogP contribution in [0, 0.1) is 13.8 Å². The molecule has 0 saturated carbocycles. The van der Waals surface area contributed by atoms with Crippen molar-refractivity contribution in [3.05, 3.63) is 174 Å². The monoisotopic (exact) mass is 753 g/mol. The molecule has 1 aliphatic rings. The number of aromatic nitrogens is 3. The third-order valence-electron chi connectivity index (χ3n) is 13.0. The molecule has 0 amide bonds. The van der Waals surface area contributed by atoms with Gasteiger partial charge in [-0.15, -0.1) is 0 Å². The molecule has 4 heterocycles. The minimum Gasteiger partial charge on any atom is -0.455 e. The lowest BCUT2D eigenvalue weighted by Crippen LogP contribution is -2.31. The minimum atomic E-state index is -0.150. The maximum Gasteiger partial charge on any atom is 0.221 e. The molecular formula is C53H43N3O2. The fraction of sp³-hybridized carbons (Fsp3) is 0.170. The van der Waals surface area contributed by atoms with Gasteiger partial charge in [-0.2, -0.15) is 4.98 Å². The van der Waals surface area contributed by atoms with E-state index in [4.69, 9.17) is 19.1 Å². The maximum atomic E-state index is 6.86. The van der Waals surface area contributed by atoms with Gasteiger partial charge in [0.05, 0.1) is 11.2 Å². The molecule has 6 aromatic carbocycles. The third kappa shape index (κ3) is 5.02. The second-order valence-electron chi connectivity index (χ2n) is 17.3. The molecule has 11 rings (SSSR count). The zero-order valence-electron chi connectivity index (χ0n) is 33.6. The summed E-state index contributed by atoms with van der Waals surface area (Å²) in [6.07, 6.45) is 2.11. The third-order valence-corrected chi connectivity index (χ3v) is 13.0. The van der Waals surface area contributed by atoms with Gasteiger partial charge in [-0.05, 0) is 112 Å². The van der Waals surface area contributed by atoms with Crippen molar-refractivity contribution in [2.75, 3.05) is 0 Å². The molecule has 1 aliphatic carbocycles. The first-order chi connectivity index (χ1) is 28.1. The Bertz CT molecular complexity index is 3300. The number of ether oxygens (including phenoxy) is 1. The summed E-state index contributed by atoms with van der Waals surface area (Å²) in [5, 5.41) is 6.56. The van der Waals surface area contributed by atoms with Gasteiger partial charge in [-0.25, -0.2) is 0 Å². The van der Waals surface area contributed by atoms with Crippen LogP contribution in [0.5, 0.6) is 11.6 Å². The van der Waals surface area contributed by atoms with Crippen molar-refractivity contribution >= 4 is 54.6 Å². The molecule has 0 saturated heterocycles. The number of fused-ring (bicyclic) bond motifs is 9.